The van der Waals surface area contributed by atoms with Crippen molar-refractivity contribution in [1.29, 1.82) is 0 Å². The van der Waals surface area contributed by atoms with Crippen molar-refractivity contribution in [3.8, 4) is 0 Å². The van der Waals surface area contributed by atoms with E-state index in [1.807, 2.05) is 9.80 Å². The number of urea groups is 1. The summed E-state index contributed by atoms with van der Waals surface area (Å²) in [6, 6.07) is 0.361. The van der Waals surface area contributed by atoms with Gasteiger partial charge in [-0.3, -0.25) is 0 Å². The molecular formula is C12H23N3O. The lowest BCUT2D eigenvalue weighted by atomic mass is 10.00. The van der Waals surface area contributed by atoms with E-state index in [-0.39, 0.29) is 12.1 Å². The molecule has 2 N–H and O–H groups in total. The average Bonchev–Trinajstić information content (AvgIpc) is 2.59. The Balaban J connectivity index is 1.88. The molecule has 2 heterocycles. The van der Waals surface area contributed by atoms with Gasteiger partial charge < -0.3 is 15.5 Å². The molecule has 2 amide bonds. The maximum absolute atomic E-state index is 12.2. The minimum absolute atomic E-state index is 0.160. The molecule has 0 saturated carbocycles. The van der Waals surface area contributed by atoms with Gasteiger partial charge >= 0.3 is 6.03 Å². The van der Waals surface area contributed by atoms with Crippen LogP contribution in [0.15, 0.2) is 0 Å². The van der Waals surface area contributed by atoms with E-state index in [1.54, 1.807) is 0 Å². The van der Waals surface area contributed by atoms with E-state index in [9.17, 15) is 4.79 Å². The van der Waals surface area contributed by atoms with Crippen LogP contribution in [0, 0.1) is 11.8 Å². The van der Waals surface area contributed by atoms with Gasteiger partial charge in [0.15, 0.2) is 0 Å². The number of likely N-dealkylation sites (tertiary alicyclic amines) is 2. The first kappa shape index (κ1) is 11.7. The summed E-state index contributed by atoms with van der Waals surface area (Å²) in [6.45, 7) is 7.77. The van der Waals surface area contributed by atoms with E-state index in [2.05, 4.69) is 13.8 Å². The van der Waals surface area contributed by atoms with Crippen molar-refractivity contribution >= 4 is 6.03 Å². The van der Waals surface area contributed by atoms with Gasteiger partial charge in [-0.25, -0.2) is 4.79 Å². The van der Waals surface area contributed by atoms with Crippen LogP contribution in [0.1, 0.15) is 26.7 Å². The number of piperidine rings is 1. The molecule has 92 valence electrons. The van der Waals surface area contributed by atoms with E-state index in [0.717, 1.165) is 44.9 Å². The van der Waals surface area contributed by atoms with Crippen LogP contribution in [0.5, 0.6) is 0 Å². The number of hydrogen-bond acceptors (Lipinski definition) is 2. The number of nitrogens with two attached hydrogens (primary N) is 1. The van der Waals surface area contributed by atoms with Gasteiger partial charge in [0.1, 0.15) is 0 Å². The molecule has 4 heteroatoms. The molecule has 2 unspecified atom stereocenters. The highest BCUT2D eigenvalue weighted by Gasteiger charge is 2.33. The molecule has 2 aliphatic heterocycles. The number of amides is 2. The van der Waals surface area contributed by atoms with Crippen LogP contribution >= 0.6 is 0 Å². The van der Waals surface area contributed by atoms with Gasteiger partial charge in [-0.05, 0) is 24.7 Å². The predicted octanol–water partition coefficient (Wildman–Crippen LogP) is 1.12. The van der Waals surface area contributed by atoms with Gasteiger partial charge in [-0.1, -0.05) is 13.8 Å². The topological polar surface area (TPSA) is 49.6 Å². The maximum atomic E-state index is 12.2. The molecule has 2 atom stereocenters. The summed E-state index contributed by atoms with van der Waals surface area (Å²) < 4.78 is 0. The van der Waals surface area contributed by atoms with Crippen LogP contribution in [-0.4, -0.2) is 48.1 Å². The second kappa shape index (κ2) is 4.62. The van der Waals surface area contributed by atoms with E-state index in [1.165, 1.54) is 0 Å². The van der Waals surface area contributed by atoms with Crippen molar-refractivity contribution < 1.29 is 4.79 Å². The first-order valence-corrected chi connectivity index (χ1v) is 6.37. The van der Waals surface area contributed by atoms with Crippen molar-refractivity contribution in [2.24, 2.45) is 17.6 Å². The molecular weight excluding hydrogens is 202 g/mol. The van der Waals surface area contributed by atoms with Gasteiger partial charge in [-0.2, -0.15) is 0 Å². The molecule has 4 nitrogen and oxygen atoms in total. The molecule has 0 radical (unpaired) electrons. The molecule has 0 bridgehead atoms. The predicted molar refractivity (Wildman–Crippen MR) is 64.1 cm³/mol. The lowest BCUT2D eigenvalue weighted by Gasteiger charge is -2.33. The number of rotatable bonds is 0. The lowest BCUT2D eigenvalue weighted by molar-refractivity contribution is 0.141. The fourth-order valence-electron chi connectivity index (χ4n) is 2.55. The molecule has 0 aliphatic carbocycles. The Kier molecular flexibility index (Phi) is 3.38. The molecule has 2 aliphatic rings. The normalized spacial score (nSPS) is 32.2. The molecule has 0 aromatic heterocycles. The lowest BCUT2D eigenvalue weighted by Crippen LogP contribution is -2.46. The summed E-state index contributed by atoms with van der Waals surface area (Å²) in [7, 11) is 0. The van der Waals surface area contributed by atoms with Crippen LogP contribution in [0.3, 0.4) is 0 Å². The maximum Gasteiger partial charge on any atom is 0.320 e. The second-order valence-corrected chi connectivity index (χ2v) is 5.50. The fourth-order valence-corrected chi connectivity index (χ4v) is 2.55. The minimum atomic E-state index is 0.160. The van der Waals surface area contributed by atoms with Crippen molar-refractivity contribution in [2.45, 2.75) is 32.7 Å². The van der Waals surface area contributed by atoms with Gasteiger partial charge in [0.05, 0.1) is 0 Å². The SMILES string of the molecule is CC1CCN(C(=O)N2CC(C)C(N)C2)CC1. The smallest absolute Gasteiger partial charge is 0.320 e. The van der Waals surface area contributed by atoms with Crippen LogP contribution < -0.4 is 5.73 Å². The second-order valence-electron chi connectivity index (χ2n) is 5.50. The highest BCUT2D eigenvalue weighted by Crippen LogP contribution is 2.20. The van der Waals surface area contributed by atoms with E-state index < -0.39 is 0 Å². The molecule has 16 heavy (non-hydrogen) atoms. The molecule has 0 aromatic rings. The van der Waals surface area contributed by atoms with E-state index in [4.69, 9.17) is 5.73 Å². The van der Waals surface area contributed by atoms with Crippen LogP contribution in [0.25, 0.3) is 0 Å². The first-order valence-electron chi connectivity index (χ1n) is 6.37. The highest BCUT2D eigenvalue weighted by molar-refractivity contribution is 5.75. The Labute approximate surface area is 97.8 Å². The molecule has 2 fully saturated rings. The van der Waals surface area contributed by atoms with Gasteiger partial charge in [0.2, 0.25) is 0 Å². The quantitative estimate of drug-likeness (QED) is 0.671. The molecule has 0 aromatic carbocycles. The summed E-state index contributed by atoms with van der Waals surface area (Å²) in [5.74, 6) is 1.21. The Morgan fingerprint density at radius 3 is 2.25 bits per heavy atom. The van der Waals surface area contributed by atoms with Gasteiger partial charge in [0, 0.05) is 32.2 Å². The number of nitrogens with zero attached hydrogens (tertiary/aromatic N) is 2. The Bertz CT molecular complexity index is 251. The zero-order chi connectivity index (χ0) is 11.7. The highest BCUT2D eigenvalue weighted by atomic mass is 16.2. The monoisotopic (exact) mass is 225 g/mol. The molecule has 2 saturated heterocycles. The zero-order valence-electron chi connectivity index (χ0n) is 10.4. The number of carbonyl (C=O) groups excluding carboxylic acids is 1. The third-order valence-corrected chi connectivity index (χ3v) is 4.00. The summed E-state index contributed by atoms with van der Waals surface area (Å²) in [5.41, 5.74) is 5.95. The van der Waals surface area contributed by atoms with E-state index >= 15 is 0 Å². The Morgan fingerprint density at radius 1 is 1.12 bits per heavy atom. The van der Waals surface area contributed by atoms with Crippen molar-refractivity contribution in [1.82, 2.24) is 9.80 Å². The van der Waals surface area contributed by atoms with Crippen LogP contribution in [0.2, 0.25) is 0 Å². The minimum Gasteiger partial charge on any atom is -0.326 e. The summed E-state index contributed by atoms with van der Waals surface area (Å²) in [4.78, 5) is 16.1. The molecule has 2 rings (SSSR count). The third-order valence-electron chi connectivity index (χ3n) is 4.00. The average molecular weight is 225 g/mol. The first-order chi connectivity index (χ1) is 7.58. The van der Waals surface area contributed by atoms with Crippen LogP contribution in [0.4, 0.5) is 4.79 Å². The fraction of sp³-hybridized carbons (Fsp3) is 0.917. The van der Waals surface area contributed by atoms with E-state index in [0.29, 0.717) is 5.92 Å². The Hall–Kier alpha value is -0.770. The van der Waals surface area contributed by atoms with Gasteiger partial charge in [0.25, 0.3) is 0 Å². The van der Waals surface area contributed by atoms with Crippen molar-refractivity contribution in [3.63, 3.8) is 0 Å². The van der Waals surface area contributed by atoms with Crippen LogP contribution in [-0.2, 0) is 0 Å². The molecule has 0 spiro atoms. The van der Waals surface area contributed by atoms with Gasteiger partial charge in [-0.15, -0.1) is 0 Å². The summed E-state index contributed by atoms with van der Waals surface area (Å²) in [5, 5.41) is 0. The van der Waals surface area contributed by atoms with Crippen molar-refractivity contribution in [2.75, 3.05) is 26.2 Å². The van der Waals surface area contributed by atoms with Crippen molar-refractivity contribution in [3.05, 3.63) is 0 Å². The number of hydrogen-bond donors (Lipinski definition) is 1. The summed E-state index contributed by atoms with van der Waals surface area (Å²) >= 11 is 0. The number of carbonyl (C=O) groups is 1. The summed E-state index contributed by atoms with van der Waals surface area (Å²) in [6.07, 6.45) is 2.28. The zero-order valence-corrected chi connectivity index (χ0v) is 10.4. The third kappa shape index (κ3) is 2.32. The standard InChI is InChI=1S/C12H23N3O/c1-9-3-5-14(6-4-9)12(16)15-7-10(2)11(13)8-15/h9-11H,3-8,13H2,1-2H3. The largest absolute Gasteiger partial charge is 0.326 e. The Morgan fingerprint density at radius 2 is 1.75 bits per heavy atom.